The van der Waals surface area contributed by atoms with Gasteiger partial charge in [0.15, 0.2) is 0 Å². The number of imidazole rings is 1. The van der Waals surface area contributed by atoms with E-state index in [0.717, 1.165) is 17.0 Å². The van der Waals surface area contributed by atoms with E-state index in [9.17, 15) is 4.39 Å². The molecule has 0 aliphatic rings. The van der Waals surface area contributed by atoms with Gasteiger partial charge in [-0.1, -0.05) is 30.3 Å². The predicted octanol–water partition coefficient (Wildman–Crippen LogP) is 4.90. The van der Waals surface area contributed by atoms with E-state index < -0.39 is 0 Å². The van der Waals surface area contributed by atoms with E-state index in [1.807, 2.05) is 53.4 Å². The molecule has 0 saturated heterocycles. The molecule has 0 saturated carbocycles. The standard InChI is InChI=1S/C23H20FN5S/c1-3-12-26-23-29(22(15-30-23)20-6-4-5-7-21(20)24)27-17(2)18-8-10-19(11-9-18)28-14-13-25-16-28/h3-11,13-16H,1,12H2,2H3. The first-order chi connectivity index (χ1) is 14.7. The molecule has 0 amide bonds. The highest BCUT2D eigenvalue weighted by molar-refractivity contribution is 7.07. The second kappa shape index (κ2) is 8.84. The maximum Gasteiger partial charge on any atom is 0.206 e. The van der Waals surface area contributed by atoms with Gasteiger partial charge in [-0.15, -0.1) is 17.9 Å². The third-order valence-corrected chi connectivity index (χ3v) is 5.38. The Balaban J connectivity index is 1.77. The Labute approximate surface area is 177 Å². The van der Waals surface area contributed by atoms with E-state index in [4.69, 9.17) is 5.10 Å². The highest BCUT2D eigenvalue weighted by atomic mass is 32.1. The molecular weight excluding hydrogens is 397 g/mol. The Morgan fingerprint density at radius 3 is 2.70 bits per heavy atom. The summed E-state index contributed by atoms with van der Waals surface area (Å²) in [4.78, 5) is 9.28. The van der Waals surface area contributed by atoms with Crippen molar-refractivity contribution in [2.24, 2.45) is 10.1 Å². The van der Waals surface area contributed by atoms with Crippen LogP contribution in [0.4, 0.5) is 4.39 Å². The summed E-state index contributed by atoms with van der Waals surface area (Å²) in [5.41, 5.74) is 3.92. The first kappa shape index (κ1) is 19.7. The largest absolute Gasteiger partial charge is 0.306 e. The third-order valence-electron chi connectivity index (χ3n) is 4.53. The van der Waals surface area contributed by atoms with Crippen molar-refractivity contribution in [2.45, 2.75) is 6.92 Å². The summed E-state index contributed by atoms with van der Waals surface area (Å²) in [6.45, 7) is 6.12. The number of rotatable bonds is 6. The lowest BCUT2D eigenvalue weighted by Crippen LogP contribution is -2.15. The Bertz CT molecular complexity index is 1250. The molecule has 4 aromatic rings. The van der Waals surface area contributed by atoms with Gasteiger partial charge in [-0.2, -0.15) is 5.10 Å². The van der Waals surface area contributed by atoms with E-state index in [2.05, 4.69) is 16.6 Å². The monoisotopic (exact) mass is 417 g/mol. The smallest absolute Gasteiger partial charge is 0.206 e. The molecule has 7 heteroatoms. The fourth-order valence-electron chi connectivity index (χ4n) is 3.00. The van der Waals surface area contributed by atoms with E-state index in [0.29, 0.717) is 22.6 Å². The Morgan fingerprint density at radius 1 is 1.20 bits per heavy atom. The van der Waals surface area contributed by atoms with Crippen LogP contribution in [0.25, 0.3) is 16.9 Å². The van der Waals surface area contributed by atoms with Gasteiger partial charge in [-0.05, 0) is 36.8 Å². The zero-order valence-corrected chi connectivity index (χ0v) is 17.3. The summed E-state index contributed by atoms with van der Waals surface area (Å²) >= 11 is 1.42. The summed E-state index contributed by atoms with van der Waals surface area (Å²) in [6, 6.07) is 14.7. The molecule has 0 N–H and O–H groups in total. The Kier molecular flexibility index (Phi) is 5.81. The zero-order valence-electron chi connectivity index (χ0n) is 16.4. The van der Waals surface area contributed by atoms with Crippen LogP contribution in [0.3, 0.4) is 0 Å². The van der Waals surface area contributed by atoms with Gasteiger partial charge in [0.05, 0.1) is 24.3 Å². The summed E-state index contributed by atoms with van der Waals surface area (Å²) in [7, 11) is 0. The van der Waals surface area contributed by atoms with Crippen LogP contribution < -0.4 is 4.80 Å². The Morgan fingerprint density at radius 2 is 2.00 bits per heavy atom. The topological polar surface area (TPSA) is 47.5 Å². The minimum Gasteiger partial charge on any atom is -0.306 e. The van der Waals surface area contributed by atoms with E-state index in [-0.39, 0.29) is 5.82 Å². The van der Waals surface area contributed by atoms with Crippen molar-refractivity contribution < 1.29 is 4.39 Å². The van der Waals surface area contributed by atoms with Crippen LogP contribution in [0.5, 0.6) is 0 Å². The molecule has 150 valence electrons. The molecular formula is C23H20FN5S. The van der Waals surface area contributed by atoms with Crippen molar-refractivity contribution in [3.05, 3.63) is 101 Å². The van der Waals surface area contributed by atoms with Crippen LogP contribution in [-0.2, 0) is 0 Å². The summed E-state index contributed by atoms with van der Waals surface area (Å²) < 4.78 is 18.1. The molecule has 30 heavy (non-hydrogen) atoms. The number of nitrogens with zero attached hydrogens (tertiary/aromatic N) is 5. The molecule has 4 rings (SSSR count). The molecule has 0 aliphatic heterocycles. The van der Waals surface area contributed by atoms with Crippen LogP contribution in [-0.4, -0.2) is 26.5 Å². The first-order valence-electron chi connectivity index (χ1n) is 9.38. The highest BCUT2D eigenvalue weighted by Gasteiger charge is 2.12. The van der Waals surface area contributed by atoms with Crippen LogP contribution in [0.1, 0.15) is 12.5 Å². The fraction of sp³-hybridized carbons (Fsp3) is 0.0870. The SMILES string of the molecule is C=CCN=c1scc(-c2ccccc2F)n1N=C(C)c1ccc(-n2ccnc2)cc1. The van der Waals surface area contributed by atoms with Gasteiger partial charge in [0.25, 0.3) is 0 Å². The summed E-state index contributed by atoms with van der Waals surface area (Å²) in [5, 5.41) is 6.66. The molecule has 0 fully saturated rings. The van der Waals surface area contributed by atoms with Crippen molar-refractivity contribution >= 4 is 17.0 Å². The molecule has 0 aliphatic carbocycles. The van der Waals surface area contributed by atoms with Gasteiger partial charge < -0.3 is 4.57 Å². The normalized spacial score (nSPS) is 12.3. The lowest BCUT2D eigenvalue weighted by Gasteiger charge is -2.08. The van der Waals surface area contributed by atoms with Crippen LogP contribution in [0, 0.1) is 5.82 Å². The van der Waals surface area contributed by atoms with Crippen molar-refractivity contribution in [3.63, 3.8) is 0 Å². The number of hydrogen-bond acceptors (Lipinski definition) is 4. The first-order valence-corrected chi connectivity index (χ1v) is 10.3. The van der Waals surface area contributed by atoms with Crippen molar-refractivity contribution in [1.29, 1.82) is 0 Å². The second-order valence-corrected chi connectivity index (χ2v) is 7.36. The van der Waals surface area contributed by atoms with Gasteiger partial charge in [-0.3, -0.25) is 4.99 Å². The number of aromatic nitrogens is 3. The van der Waals surface area contributed by atoms with Crippen LogP contribution in [0.15, 0.2) is 95.4 Å². The predicted molar refractivity (Wildman–Crippen MR) is 120 cm³/mol. The van der Waals surface area contributed by atoms with E-state index in [1.165, 1.54) is 17.4 Å². The molecule has 0 unspecified atom stereocenters. The molecule has 2 heterocycles. The average Bonchev–Trinajstić information content (AvgIpc) is 3.43. The van der Waals surface area contributed by atoms with Crippen molar-refractivity contribution in [2.75, 3.05) is 6.54 Å². The minimum atomic E-state index is -0.295. The molecule has 0 radical (unpaired) electrons. The van der Waals surface area contributed by atoms with Gasteiger partial charge >= 0.3 is 0 Å². The third kappa shape index (κ3) is 4.06. The molecule has 2 aromatic heterocycles. The summed E-state index contributed by atoms with van der Waals surface area (Å²) in [6.07, 6.45) is 7.11. The molecule has 0 atom stereocenters. The van der Waals surface area contributed by atoms with Crippen molar-refractivity contribution in [3.8, 4) is 16.9 Å². The molecule has 5 nitrogen and oxygen atoms in total. The molecule has 0 bridgehead atoms. The molecule has 2 aromatic carbocycles. The lowest BCUT2D eigenvalue weighted by atomic mass is 10.1. The van der Waals surface area contributed by atoms with Gasteiger partial charge in [0.2, 0.25) is 4.80 Å². The minimum absolute atomic E-state index is 0.295. The van der Waals surface area contributed by atoms with Gasteiger partial charge in [-0.25, -0.2) is 14.1 Å². The number of thiazole rings is 1. The van der Waals surface area contributed by atoms with Crippen LogP contribution >= 0.6 is 11.3 Å². The highest BCUT2D eigenvalue weighted by Crippen LogP contribution is 2.23. The number of benzene rings is 2. The molecule has 0 spiro atoms. The summed E-state index contributed by atoms with van der Waals surface area (Å²) in [5.74, 6) is -0.295. The van der Waals surface area contributed by atoms with Crippen LogP contribution in [0.2, 0.25) is 0 Å². The quantitative estimate of drug-likeness (QED) is 0.325. The lowest BCUT2D eigenvalue weighted by molar-refractivity contribution is 0.629. The number of hydrogen-bond donors (Lipinski definition) is 0. The maximum absolute atomic E-state index is 14.4. The van der Waals surface area contributed by atoms with Gasteiger partial charge in [0.1, 0.15) is 5.82 Å². The number of halogens is 1. The fourth-order valence-corrected chi connectivity index (χ4v) is 3.83. The van der Waals surface area contributed by atoms with Crippen molar-refractivity contribution in [1.82, 2.24) is 14.2 Å². The van der Waals surface area contributed by atoms with E-state index >= 15 is 0 Å². The van der Waals surface area contributed by atoms with E-state index in [1.54, 1.807) is 35.4 Å². The Hall–Kier alpha value is -3.58. The zero-order chi connectivity index (χ0) is 20.9. The van der Waals surface area contributed by atoms with Gasteiger partial charge in [0, 0.05) is 29.0 Å². The maximum atomic E-state index is 14.4. The average molecular weight is 418 g/mol. The second-order valence-electron chi connectivity index (χ2n) is 6.53.